The number of esters is 1. The third kappa shape index (κ3) is 5.47. The van der Waals surface area contributed by atoms with Crippen molar-refractivity contribution in [3.8, 4) is 0 Å². The van der Waals surface area contributed by atoms with Gasteiger partial charge in [0.15, 0.2) is 0 Å². The van der Waals surface area contributed by atoms with Crippen molar-refractivity contribution in [1.29, 1.82) is 0 Å². The number of methoxy groups -OCH3 is 1. The van der Waals surface area contributed by atoms with E-state index in [0.717, 1.165) is 0 Å². The fraction of sp³-hybridized carbons (Fsp3) is 0.750. The van der Waals surface area contributed by atoms with Crippen LogP contribution in [0.2, 0.25) is 0 Å². The van der Waals surface area contributed by atoms with Crippen LogP contribution in [0, 0.1) is 5.41 Å². The quantitative estimate of drug-likeness (QED) is 0.579. The van der Waals surface area contributed by atoms with Gasteiger partial charge in [-0.2, -0.15) is 0 Å². The molecule has 0 aromatic heterocycles. The highest BCUT2D eigenvalue weighted by atomic mass is 16.5. The fourth-order valence-electron chi connectivity index (χ4n) is 1.26. The van der Waals surface area contributed by atoms with E-state index in [-0.39, 0.29) is 12.2 Å². The first-order valence-corrected chi connectivity index (χ1v) is 5.61. The Bertz CT molecular complexity index is 304. The number of carbonyl (C=O) groups is 3. The molecule has 0 fully saturated rings. The van der Waals surface area contributed by atoms with Gasteiger partial charge in [0.1, 0.15) is 11.8 Å². The van der Waals surface area contributed by atoms with E-state index in [1.165, 1.54) is 7.11 Å². The molecular weight excluding hydrogens is 222 g/mol. The van der Waals surface area contributed by atoms with E-state index in [1.54, 1.807) is 6.92 Å². The van der Waals surface area contributed by atoms with Crippen molar-refractivity contribution in [1.82, 2.24) is 5.32 Å². The van der Waals surface area contributed by atoms with Crippen molar-refractivity contribution in [2.75, 3.05) is 7.11 Å². The van der Waals surface area contributed by atoms with Gasteiger partial charge in [0.25, 0.3) is 0 Å². The Morgan fingerprint density at radius 1 is 1.24 bits per heavy atom. The van der Waals surface area contributed by atoms with E-state index < -0.39 is 23.3 Å². The third-order valence-electron chi connectivity index (χ3n) is 2.36. The lowest BCUT2D eigenvalue weighted by Crippen LogP contribution is -2.50. The van der Waals surface area contributed by atoms with Gasteiger partial charge in [0, 0.05) is 6.42 Å². The van der Waals surface area contributed by atoms with Crippen molar-refractivity contribution in [2.24, 2.45) is 5.41 Å². The maximum Gasteiger partial charge on any atom is 0.328 e. The Labute approximate surface area is 102 Å². The Kier molecular flexibility index (Phi) is 5.85. The van der Waals surface area contributed by atoms with Crippen LogP contribution in [0.15, 0.2) is 0 Å². The number of Topliss-reactive ketones (excluding diaryl/α,β-unsaturated/α-hetero) is 1. The van der Waals surface area contributed by atoms with E-state index in [0.29, 0.717) is 6.42 Å². The van der Waals surface area contributed by atoms with Crippen LogP contribution >= 0.6 is 0 Å². The first kappa shape index (κ1) is 15.6. The first-order valence-electron chi connectivity index (χ1n) is 5.61. The monoisotopic (exact) mass is 243 g/mol. The highest BCUT2D eigenvalue weighted by molar-refractivity contribution is 5.99. The summed E-state index contributed by atoms with van der Waals surface area (Å²) in [7, 11) is 1.27. The lowest BCUT2D eigenvalue weighted by atomic mass is 9.86. The predicted molar refractivity (Wildman–Crippen MR) is 63.3 cm³/mol. The molecule has 17 heavy (non-hydrogen) atoms. The van der Waals surface area contributed by atoms with Crippen molar-refractivity contribution in [3.05, 3.63) is 0 Å². The van der Waals surface area contributed by atoms with Crippen LogP contribution in [0.5, 0.6) is 0 Å². The van der Waals surface area contributed by atoms with Crippen LogP contribution in [0.1, 0.15) is 40.5 Å². The second-order valence-electron chi connectivity index (χ2n) is 4.96. The van der Waals surface area contributed by atoms with Crippen LogP contribution in [0.4, 0.5) is 0 Å². The second kappa shape index (κ2) is 6.37. The van der Waals surface area contributed by atoms with Crippen molar-refractivity contribution >= 4 is 17.7 Å². The lowest BCUT2D eigenvalue weighted by molar-refractivity contribution is -0.148. The molecule has 0 aromatic rings. The van der Waals surface area contributed by atoms with Gasteiger partial charge >= 0.3 is 5.97 Å². The Morgan fingerprint density at radius 3 is 2.12 bits per heavy atom. The molecule has 0 rings (SSSR count). The summed E-state index contributed by atoms with van der Waals surface area (Å²) >= 11 is 0. The van der Waals surface area contributed by atoms with Crippen molar-refractivity contribution in [2.45, 2.75) is 46.6 Å². The maximum absolute atomic E-state index is 11.6. The maximum atomic E-state index is 11.6. The summed E-state index contributed by atoms with van der Waals surface area (Å²) in [6.45, 7) is 7.14. The van der Waals surface area contributed by atoms with Crippen LogP contribution < -0.4 is 5.32 Å². The summed E-state index contributed by atoms with van der Waals surface area (Å²) in [5.41, 5.74) is -0.460. The van der Waals surface area contributed by atoms with Gasteiger partial charge in [-0.05, 0) is 5.41 Å². The molecular formula is C12H21NO4. The van der Waals surface area contributed by atoms with E-state index in [9.17, 15) is 14.4 Å². The van der Waals surface area contributed by atoms with Crippen LogP contribution in [0.25, 0.3) is 0 Å². The van der Waals surface area contributed by atoms with Crippen molar-refractivity contribution in [3.63, 3.8) is 0 Å². The molecule has 0 aliphatic heterocycles. The van der Waals surface area contributed by atoms with Gasteiger partial charge in [-0.3, -0.25) is 9.59 Å². The summed E-state index contributed by atoms with van der Waals surface area (Å²) in [4.78, 5) is 34.2. The van der Waals surface area contributed by atoms with E-state index >= 15 is 0 Å². The number of hydrogen-bond donors (Lipinski definition) is 1. The predicted octanol–water partition coefficient (Wildman–Crippen LogP) is 1.06. The zero-order valence-electron chi connectivity index (χ0n) is 11.1. The summed E-state index contributed by atoms with van der Waals surface area (Å²) in [5.74, 6) is -1.10. The highest BCUT2D eigenvalue weighted by Gasteiger charge is 2.33. The van der Waals surface area contributed by atoms with Gasteiger partial charge in [0.05, 0.1) is 13.5 Å². The Morgan fingerprint density at radius 2 is 1.76 bits per heavy atom. The molecule has 5 nitrogen and oxygen atoms in total. The lowest BCUT2D eigenvalue weighted by Gasteiger charge is -2.28. The molecule has 0 aliphatic rings. The van der Waals surface area contributed by atoms with Gasteiger partial charge in [-0.25, -0.2) is 4.79 Å². The second-order valence-corrected chi connectivity index (χ2v) is 4.96. The molecule has 0 unspecified atom stereocenters. The number of nitrogens with one attached hydrogen (secondary N) is 1. The zero-order chi connectivity index (χ0) is 13.6. The minimum Gasteiger partial charge on any atom is -0.467 e. The SMILES string of the molecule is CCC(=O)CC(=O)N[C@H](C(=O)OC)C(C)(C)C. The molecule has 0 heterocycles. The number of hydrogen-bond acceptors (Lipinski definition) is 4. The van der Waals surface area contributed by atoms with Gasteiger partial charge in [-0.1, -0.05) is 27.7 Å². The molecule has 0 aromatic carbocycles. The summed E-state index contributed by atoms with van der Waals surface area (Å²) in [6.07, 6.45) is 0.117. The minimum absolute atomic E-state index is 0.153. The number of ketones is 1. The molecule has 0 saturated heterocycles. The molecule has 0 radical (unpaired) electrons. The molecule has 0 saturated carbocycles. The Hall–Kier alpha value is -1.39. The van der Waals surface area contributed by atoms with E-state index in [2.05, 4.69) is 10.1 Å². The molecule has 1 N–H and O–H groups in total. The molecule has 1 atom stereocenters. The minimum atomic E-state index is -0.746. The van der Waals surface area contributed by atoms with Crippen molar-refractivity contribution < 1.29 is 19.1 Å². The molecule has 1 amide bonds. The smallest absolute Gasteiger partial charge is 0.328 e. The zero-order valence-corrected chi connectivity index (χ0v) is 11.1. The standard InChI is InChI=1S/C12H21NO4/c1-6-8(14)7-9(15)13-10(11(16)17-5)12(2,3)4/h10H,6-7H2,1-5H3,(H,13,15)/t10-/m1/s1. The van der Waals surface area contributed by atoms with Gasteiger partial charge in [0.2, 0.25) is 5.91 Å². The largest absolute Gasteiger partial charge is 0.467 e. The van der Waals surface area contributed by atoms with Crippen LogP contribution in [-0.4, -0.2) is 30.8 Å². The summed E-state index contributed by atoms with van der Waals surface area (Å²) in [5, 5.41) is 2.54. The highest BCUT2D eigenvalue weighted by Crippen LogP contribution is 2.20. The summed E-state index contributed by atoms with van der Waals surface area (Å²) < 4.78 is 4.63. The van der Waals surface area contributed by atoms with Crippen LogP contribution in [-0.2, 0) is 19.1 Å². The fourth-order valence-corrected chi connectivity index (χ4v) is 1.26. The van der Waals surface area contributed by atoms with Gasteiger partial charge in [-0.15, -0.1) is 0 Å². The molecule has 0 aliphatic carbocycles. The molecule has 0 bridgehead atoms. The average Bonchev–Trinajstić information content (AvgIpc) is 2.23. The number of ether oxygens (including phenoxy) is 1. The van der Waals surface area contributed by atoms with Gasteiger partial charge < -0.3 is 10.1 Å². The number of carbonyl (C=O) groups excluding carboxylic acids is 3. The van der Waals surface area contributed by atoms with E-state index in [1.807, 2.05) is 20.8 Å². The molecule has 5 heteroatoms. The Balaban J connectivity index is 4.61. The van der Waals surface area contributed by atoms with Crippen LogP contribution in [0.3, 0.4) is 0 Å². The third-order valence-corrected chi connectivity index (χ3v) is 2.36. The summed E-state index contributed by atoms with van der Waals surface area (Å²) in [6, 6.07) is -0.746. The van der Waals surface area contributed by atoms with E-state index in [4.69, 9.17) is 0 Å². The first-order chi connectivity index (χ1) is 7.72. The average molecular weight is 243 g/mol. The number of amides is 1. The molecule has 98 valence electrons. The number of rotatable bonds is 5. The molecule has 0 spiro atoms. The normalized spacial score (nSPS) is 12.8. The topological polar surface area (TPSA) is 72.5 Å².